The number of amides is 1. The van der Waals surface area contributed by atoms with Crippen molar-refractivity contribution in [2.45, 2.75) is 0 Å². The molecule has 1 aliphatic heterocycles. The smallest absolute Gasteiger partial charge is 0.257 e. The molecular weight excluding hydrogens is 309 g/mol. The predicted molar refractivity (Wildman–Crippen MR) is 71.5 cm³/mol. The monoisotopic (exact) mass is 321 g/mol. The van der Waals surface area contributed by atoms with Gasteiger partial charge in [-0.3, -0.25) is 4.79 Å². The molecular formula is C11H13ClFN3O3S. The standard InChI is InChI=1S/C11H13ClFN3O3S/c1-20(18,19)16-4-2-15(3-5-16)11(17)9-6-8(13)7-14-10(9)12/h6-7H,2-5H2,1H3. The van der Waals surface area contributed by atoms with E-state index in [2.05, 4.69) is 4.98 Å². The molecule has 0 bridgehead atoms. The summed E-state index contributed by atoms with van der Waals surface area (Å²) in [6.45, 7) is 0.896. The summed E-state index contributed by atoms with van der Waals surface area (Å²) in [7, 11) is -3.26. The van der Waals surface area contributed by atoms with Gasteiger partial charge in [-0.15, -0.1) is 0 Å². The van der Waals surface area contributed by atoms with E-state index in [1.54, 1.807) is 0 Å². The molecule has 1 fully saturated rings. The first-order chi connectivity index (χ1) is 9.29. The fourth-order valence-electron chi connectivity index (χ4n) is 1.97. The summed E-state index contributed by atoms with van der Waals surface area (Å²) in [5.74, 6) is -1.09. The Morgan fingerprint density at radius 2 is 1.95 bits per heavy atom. The van der Waals surface area contributed by atoms with Gasteiger partial charge < -0.3 is 4.90 Å². The molecule has 0 saturated carbocycles. The molecule has 2 heterocycles. The van der Waals surface area contributed by atoms with Crippen molar-refractivity contribution in [3.05, 3.63) is 28.8 Å². The number of hydrogen-bond donors (Lipinski definition) is 0. The average Bonchev–Trinajstić information content (AvgIpc) is 2.40. The molecule has 0 aliphatic carbocycles. The number of carbonyl (C=O) groups excluding carboxylic acids is 1. The maximum absolute atomic E-state index is 13.1. The highest BCUT2D eigenvalue weighted by atomic mass is 35.5. The number of carbonyl (C=O) groups is 1. The third-order valence-corrected chi connectivity index (χ3v) is 4.64. The predicted octanol–water partition coefficient (Wildman–Crippen LogP) is 0.591. The van der Waals surface area contributed by atoms with Crippen LogP contribution in [0.1, 0.15) is 10.4 Å². The number of nitrogens with zero attached hydrogens (tertiary/aromatic N) is 3. The van der Waals surface area contributed by atoms with Gasteiger partial charge in [0.05, 0.1) is 18.0 Å². The van der Waals surface area contributed by atoms with Crippen LogP contribution in [0.2, 0.25) is 5.15 Å². The first-order valence-electron chi connectivity index (χ1n) is 5.84. The summed E-state index contributed by atoms with van der Waals surface area (Å²) in [6.07, 6.45) is 2.05. The number of hydrogen-bond acceptors (Lipinski definition) is 4. The van der Waals surface area contributed by atoms with E-state index in [0.717, 1.165) is 18.5 Å². The normalized spacial score (nSPS) is 17.2. The second-order valence-electron chi connectivity index (χ2n) is 4.45. The molecule has 20 heavy (non-hydrogen) atoms. The SMILES string of the molecule is CS(=O)(=O)N1CCN(C(=O)c2cc(F)cnc2Cl)CC1. The van der Waals surface area contributed by atoms with Crippen molar-refractivity contribution in [2.24, 2.45) is 0 Å². The van der Waals surface area contributed by atoms with E-state index in [1.165, 1.54) is 9.21 Å². The van der Waals surface area contributed by atoms with Gasteiger partial charge in [-0.2, -0.15) is 4.31 Å². The molecule has 1 amide bonds. The van der Waals surface area contributed by atoms with E-state index in [1.807, 2.05) is 0 Å². The molecule has 1 aromatic heterocycles. The van der Waals surface area contributed by atoms with Gasteiger partial charge in [0.1, 0.15) is 11.0 Å². The number of aromatic nitrogens is 1. The van der Waals surface area contributed by atoms with E-state index in [9.17, 15) is 17.6 Å². The molecule has 0 spiro atoms. The second kappa shape index (κ2) is 5.63. The summed E-state index contributed by atoms with van der Waals surface area (Å²) in [4.78, 5) is 17.2. The van der Waals surface area contributed by atoms with Gasteiger partial charge in [0, 0.05) is 26.2 Å². The molecule has 0 aromatic carbocycles. The van der Waals surface area contributed by atoms with Crippen LogP contribution < -0.4 is 0 Å². The number of piperazine rings is 1. The van der Waals surface area contributed by atoms with Gasteiger partial charge in [-0.05, 0) is 6.07 Å². The number of rotatable bonds is 2. The minimum Gasteiger partial charge on any atom is -0.336 e. The lowest BCUT2D eigenvalue weighted by molar-refractivity contribution is 0.0697. The lowest BCUT2D eigenvalue weighted by atomic mass is 10.2. The summed E-state index contributed by atoms with van der Waals surface area (Å²) in [5.41, 5.74) is -0.0144. The maximum atomic E-state index is 13.1. The molecule has 1 aliphatic rings. The van der Waals surface area contributed by atoms with Gasteiger partial charge in [-0.25, -0.2) is 17.8 Å². The lowest BCUT2D eigenvalue weighted by Gasteiger charge is -2.33. The van der Waals surface area contributed by atoms with Gasteiger partial charge in [0.25, 0.3) is 5.91 Å². The lowest BCUT2D eigenvalue weighted by Crippen LogP contribution is -2.50. The highest BCUT2D eigenvalue weighted by Gasteiger charge is 2.27. The first kappa shape index (κ1) is 15.1. The van der Waals surface area contributed by atoms with Crippen LogP contribution in [0.5, 0.6) is 0 Å². The third kappa shape index (κ3) is 3.25. The van der Waals surface area contributed by atoms with Crippen LogP contribution in [0.25, 0.3) is 0 Å². The maximum Gasteiger partial charge on any atom is 0.257 e. The Balaban J connectivity index is 2.11. The second-order valence-corrected chi connectivity index (χ2v) is 6.79. The highest BCUT2D eigenvalue weighted by Crippen LogP contribution is 2.17. The molecule has 0 N–H and O–H groups in total. The largest absolute Gasteiger partial charge is 0.336 e. The summed E-state index contributed by atoms with van der Waals surface area (Å²) >= 11 is 5.78. The zero-order chi connectivity index (χ0) is 14.9. The van der Waals surface area contributed by atoms with Gasteiger partial charge in [0.2, 0.25) is 10.0 Å². The third-order valence-electron chi connectivity index (χ3n) is 3.03. The van der Waals surface area contributed by atoms with Gasteiger partial charge in [-0.1, -0.05) is 11.6 Å². The highest BCUT2D eigenvalue weighted by molar-refractivity contribution is 7.88. The van der Waals surface area contributed by atoms with Gasteiger partial charge in [0.15, 0.2) is 0 Å². The van der Waals surface area contributed by atoms with E-state index < -0.39 is 21.7 Å². The van der Waals surface area contributed by atoms with Crippen LogP contribution in [0.15, 0.2) is 12.3 Å². The van der Waals surface area contributed by atoms with Crippen molar-refractivity contribution < 1.29 is 17.6 Å². The van der Waals surface area contributed by atoms with Crippen LogP contribution in [0.3, 0.4) is 0 Å². The number of halogens is 2. The van der Waals surface area contributed by atoms with Crippen LogP contribution in [-0.4, -0.2) is 60.9 Å². The summed E-state index contributed by atoms with van der Waals surface area (Å²) < 4.78 is 37.2. The van der Waals surface area contributed by atoms with E-state index in [-0.39, 0.29) is 36.9 Å². The quantitative estimate of drug-likeness (QED) is 0.748. The molecule has 1 aromatic rings. The Bertz CT molecular complexity index is 630. The van der Waals surface area contributed by atoms with E-state index in [4.69, 9.17) is 11.6 Å². The molecule has 9 heteroatoms. The molecule has 0 atom stereocenters. The average molecular weight is 322 g/mol. The summed E-state index contributed by atoms with van der Waals surface area (Å²) in [6, 6.07) is 1.03. The fraction of sp³-hybridized carbons (Fsp3) is 0.455. The Labute approximate surface area is 121 Å². The first-order valence-corrected chi connectivity index (χ1v) is 8.07. The number of sulfonamides is 1. The topological polar surface area (TPSA) is 70.6 Å². The van der Waals surface area contributed by atoms with Crippen molar-refractivity contribution >= 4 is 27.5 Å². The van der Waals surface area contributed by atoms with Crippen LogP contribution in [-0.2, 0) is 10.0 Å². The zero-order valence-corrected chi connectivity index (χ0v) is 12.3. The van der Waals surface area contributed by atoms with E-state index in [0.29, 0.717) is 0 Å². The molecule has 6 nitrogen and oxygen atoms in total. The molecule has 1 saturated heterocycles. The van der Waals surface area contributed by atoms with Crippen molar-refractivity contribution in [1.29, 1.82) is 0 Å². The van der Waals surface area contributed by atoms with Crippen molar-refractivity contribution in [1.82, 2.24) is 14.2 Å². The Morgan fingerprint density at radius 3 is 2.50 bits per heavy atom. The van der Waals surface area contributed by atoms with Crippen molar-refractivity contribution in [2.75, 3.05) is 32.4 Å². The molecule has 110 valence electrons. The van der Waals surface area contributed by atoms with E-state index >= 15 is 0 Å². The summed E-state index contributed by atoms with van der Waals surface area (Å²) in [5, 5.41) is -0.0676. The molecule has 0 unspecified atom stereocenters. The minimum absolute atomic E-state index is 0.0144. The van der Waals surface area contributed by atoms with Crippen molar-refractivity contribution in [3.8, 4) is 0 Å². The van der Waals surface area contributed by atoms with Crippen molar-refractivity contribution in [3.63, 3.8) is 0 Å². The Kier molecular flexibility index (Phi) is 4.26. The fourth-order valence-corrected chi connectivity index (χ4v) is 2.98. The Hall–Kier alpha value is -1.25. The number of pyridine rings is 1. The molecule has 0 radical (unpaired) electrons. The minimum atomic E-state index is -3.26. The van der Waals surface area contributed by atoms with Crippen LogP contribution in [0, 0.1) is 5.82 Å². The zero-order valence-electron chi connectivity index (χ0n) is 10.7. The van der Waals surface area contributed by atoms with Crippen LogP contribution >= 0.6 is 11.6 Å². The van der Waals surface area contributed by atoms with Gasteiger partial charge >= 0.3 is 0 Å². The van der Waals surface area contributed by atoms with Crippen LogP contribution in [0.4, 0.5) is 4.39 Å². The Morgan fingerprint density at radius 1 is 1.35 bits per heavy atom. The molecule has 2 rings (SSSR count).